The molecule has 0 atom stereocenters. The number of hydrogen-bond donors (Lipinski definition) is 0. The Morgan fingerprint density at radius 2 is 0.473 bits per heavy atom. The van der Waals surface area contributed by atoms with E-state index >= 15 is 0 Å². The first kappa shape index (κ1) is 71.4. The first-order chi connectivity index (χ1) is 44.1. The fourth-order valence-corrected chi connectivity index (χ4v) is 11.5. The second-order valence-electron chi connectivity index (χ2n) is 20.7. The summed E-state index contributed by atoms with van der Waals surface area (Å²) in [6.07, 6.45) is 16.3. The highest BCUT2D eigenvalue weighted by atomic mass is 127. The van der Waals surface area contributed by atoms with Gasteiger partial charge in [-0.25, -0.2) is 27.5 Å². The minimum absolute atomic E-state index is 0.496. The van der Waals surface area contributed by atoms with Gasteiger partial charge in [0.05, 0.1) is 85.9 Å². The molecule has 8 aromatic rings. The van der Waals surface area contributed by atoms with E-state index in [1.165, 1.54) is 58.0 Å². The molecule has 0 spiro atoms. The van der Waals surface area contributed by atoms with Gasteiger partial charge < -0.3 is 56.5 Å². The largest absolute Gasteiger partial charge is 0.494 e. The molecular formula is C71H84F4I2N4O10. The zero-order valence-electron chi connectivity index (χ0n) is 53.8. The highest BCUT2D eigenvalue weighted by molar-refractivity contribution is 14.1. The minimum Gasteiger partial charge on any atom is -0.494 e. The molecule has 6 aromatic carbocycles. The van der Waals surface area contributed by atoms with Crippen molar-refractivity contribution in [1.29, 1.82) is 0 Å². The standard InChI is InChI=1S/C55H70O10.C10H14N4.C6F4I2/c1-11-56-46-26-37-22-39-29-51(61-16-6)41(31-50(39)60-15-5)24-43-33-55(65-20-10)45(35-54(43)64-19-9)25-44-34-52(62-17-7)42(32-53(44)63-18-8)23-40-30-48(58-13-3)38(28-49(40)59-14-4)21-36(46)27-47(37)57-12-2;1(5-13-7-3-11-9-13)2-6-14-8-4-12-10-14;7-1-2(8)6(12)4(10)3(9)5(1)11/h26-35H,11-25H2,1-10H3;3-4,7-10H,1-2,5-6H2;. The van der Waals surface area contributed by atoms with Crippen molar-refractivity contribution in [3.05, 3.63) is 184 Å². The van der Waals surface area contributed by atoms with Crippen LogP contribution in [0.3, 0.4) is 0 Å². The smallest absolute Gasteiger partial charge is 0.176 e. The summed E-state index contributed by atoms with van der Waals surface area (Å²) in [5.74, 6) is 2.41. The van der Waals surface area contributed by atoms with Crippen molar-refractivity contribution in [2.45, 2.75) is 127 Å². The van der Waals surface area contributed by atoms with E-state index in [9.17, 15) is 17.6 Å². The molecule has 10 bridgehead atoms. The van der Waals surface area contributed by atoms with Gasteiger partial charge in [-0.2, -0.15) is 0 Å². The molecule has 20 heteroatoms. The molecule has 0 N–H and O–H groups in total. The van der Waals surface area contributed by atoms with Crippen LogP contribution in [0.4, 0.5) is 17.6 Å². The molecule has 0 saturated carbocycles. The van der Waals surface area contributed by atoms with Gasteiger partial charge in [-0.15, -0.1) is 0 Å². The Hall–Kier alpha value is -7.08. The van der Waals surface area contributed by atoms with Gasteiger partial charge in [0.15, 0.2) is 23.3 Å². The van der Waals surface area contributed by atoms with Crippen LogP contribution in [0.2, 0.25) is 0 Å². The fourth-order valence-electron chi connectivity index (χ4n) is 10.5. The third-order valence-corrected chi connectivity index (χ3v) is 16.4. The lowest BCUT2D eigenvalue weighted by Gasteiger charge is -2.21. The molecular weight excluding hydrogens is 1400 g/mol. The van der Waals surface area contributed by atoms with E-state index in [1.54, 1.807) is 0 Å². The van der Waals surface area contributed by atoms with Gasteiger partial charge in [0, 0.05) is 126 Å². The molecule has 10 aliphatic carbocycles. The third kappa shape index (κ3) is 19.3. The number of hydrogen-bond acceptors (Lipinski definition) is 12. The SMILES string of the molecule is CCOc1cc2c(OCC)cc1Cc1cc(OCC)c(cc1OCC)Cc1cc(OCC)c(cc1OCC)Cc1cc(OCC)c(cc1OCC)Cc1cc(OCC)c(cc1OCC)C2.Fc1c(F)c(I)c(F)c(F)c1I.c1cn(CCCCn2ccnc2)cn1. The number of nitrogens with zero attached hydrogens (tertiary/aromatic N) is 4. The lowest BCUT2D eigenvalue weighted by molar-refractivity contribution is 0.320. The Labute approximate surface area is 560 Å². The molecule has 0 fully saturated rings. The Morgan fingerprint density at radius 3 is 0.604 bits per heavy atom. The second kappa shape index (κ2) is 36.2. The van der Waals surface area contributed by atoms with Crippen LogP contribution in [0.5, 0.6) is 57.5 Å². The second-order valence-corrected chi connectivity index (χ2v) is 22.9. The molecule has 0 unspecified atom stereocenters. The number of benzene rings is 6. The van der Waals surface area contributed by atoms with Gasteiger partial charge in [0.25, 0.3) is 0 Å². The van der Waals surface area contributed by atoms with Crippen molar-refractivity contribution in [2.75, 3.05) is 66.1 Å². The third-order valence-electron chi connectivity index (χ3n) is 14.5. The van der Waals surface area contributed by atoms with Crippen LogP contribution < -0.4 is 47.4 Å². The van der Waals surface area contributed by atoms with Crippen molar-refractivity contribution < 1.29 is 64.9 Å². The molecule has 0 saturated heterocycles. The number of imidazole rings is 2. The van der Waals surface area contributed by atoms with Crippen molar-refractivity contribution in [3.63, 3.8) is 0 Å². The summed E-state index contributed by atoms with van der Waals surface area (Å²) in [5.41, 5.74) is 9.81. The van der Waals surface area contributed by atoms with Gasteiger partial charge >= 0.3 is 0 Å². The molecule has 2 heterocycles. The topological polar surface area (TPSA) is 128 Å². The van der Waals surface area contributed by atoms with Gasteiger partial charge in [-0.3, -0.25) is 0 Å². The van der Waals surface area contributed by atoms with Gasteiger partial charge in [-0.05, 0) is 188 Å². The normalized spacial score (nSPS) is 11.7. The predicted molar refractivity (Wildman–Crippen MR) is 363 cm³/mol. The fraction of sp³-hybridized carbons (Fsp3) is 0.408. The molecule has 18 rings (SSSR count). The number of unbranched alkanes of at least 4 members (excludes halogenated alkanes) is 1. The molecule has 490 valence electrons. The van der Waals surface area contributed by atoms with E-state index in [-0.39, 0.29) is 0 Å². The molecule has 2 aromatic heterocycles. The molecule has 14 nitrogen and oxygen atoms in total. The van der Waals surface area contributed by atoms with Crippen LogP contribution in [0.25, 0.3) is 0 Å². The number of halogens is 6. The summed E-state index contributed by atoms with van der Waals surface area (Å²) in [6.45, 7) is 27.2. The average Bonchev–Trinajstić information content (AvgIpc) is 1.19. The summed E-state index contributed by atoms with van der Waals surface area (Å²) in [6, 6.07) is 21.2. The number of aromatic nitrogens is 4. The van der Waals surface area contributed by atoms with Crippen LogP contribution in [-0.4, -0.2) is 85.2 Å². The summed E-state index contributed by atoms with van der Waals surface area (Å²) in [4.78, 5) is 8.00. The minimum atomic E-state index is -1.35. The molecule has 0 radical (unpaired) electrons. The lowest BCUT2D eigenvalue weighted by Crippen LogP contribution is -2.08. The van der Waals surface area contributed by atoms with E-state index in [1.807, 2.05) is 107 Å². The van der Waals surface area contributed by atoms with Crippen molar-refractivity contribution in [3.8, 4) is 57.5 Å². The highest BCUT2D eigenvalue weighted by Gasteiger charge is 2.26. The molecule has 91 heavy (non-hydrogen) atoms. The van der Waals surface area contributed by atoms with Crippen LogP contribution in [0.1, 0.15) is 138 Å². The maximum absolute atomic E-state index is 12.6. The van der Waals surface area contributed by atoms with E-state index in [0.717, 1.165) is 126 Å². The Morgan fingerprint density at radius 1 is 0.308 bits per heavy atom. The highest BCUT2D eigenvalue weighted by Crippen LogP contribution is 2.43. The van der Waals surface area contributed by atoms with Crippen molar-refractivity contribution in [2.24, 2.45) is 0 Å². The average molecular weight is 1480 g/mol. The molecule has 10 aliphatic rings. The van der Waals surface area contributed by atoms with E-state index in [2.05, 4.69) is 79.8 Å². The Kier molecular flexibility index (Phi) is 28.4. The van der Waals surface area contributed by atoms with Gasteiger partial charge in [-0.1, -0.05) is 0 Å². The lowest BCUT2D eigenvalue weighted by atomic mass is 9.94. The zero-order chi connectivity index (χ0) is 65.4. The van der Waals surface area contributed by atoms with Crippen molar-refractivity contribution >= 4 is 45.2 Å². The Balaban J connectivity index is 0.000000368. The van der Waals surface area contributed by atoms with E-state index < -0.39 is 30.4 Å². The maximum atomic E-state index is 12.6. The van der Waals surface area contributed by atoms with Crippen LogP contribution >= 0.6 is 45.2 Å². The summed E-state index contributed by atoms with van der Waals surface area (Å²) < 4.78 is 118. The first-order valence-electron chi connectivity index (χ1n) is 31.3. The molecule has 0 amide bonds. The zero-order valence-corrected chi connectivity index (χ0v) is 58.1. The van der Waals surface area contributed by atoms with Crippen LogP contribution in [0, 0.1) is 30.4 Å². The number of ether oxygens (including phenoxy) is 10. The monoisotopic (exact) mass is 1480 g/mol. The summed E-state index contributed by atoms with van der Waals surface area (Å²) in [7, 11) is 0. The number of aryl methyl sites for hydroxylation is 2. The quantitative estimate of drug-likeness (QED) is 0.0178. The summed E-state index contributed by atoms with van der Waals surface area (Å²) in [5, 5.41) is 0. The number of rotatable bonds is 25. The van der Waals surface area contributed by atoms with Gasteiger partial charge in [0.2, 0.25) is 0 Å². The summed E-state index contributed by atoms with van der Waals surface area (Å²) >= 11 is 2.41. The molecule has 0 aliphatic heterocycles. The van der Waals surface area contributed by atoms with Crippen molar-refractivity contribution in [1.82, 2.24) is 19.1 Å². The maximum Gasteiger partial charge on any atom is 0.176 e. The Bertz CT molecular complexity index is 2930. The van der Waals surface area contributed by atoms with E-state index in [4.69, 9.17) is 47.4 Å². The predicted octanol–water partition coefficient (Wildman–Crippen LogP) is 17.0. The van der Waals surface area contributed by atoms with Gasteiger partial charge in [0.1, 0.15) is 57.5 Å². The van der Waals surface area contributed by atoms with Crippen LogP contribution in [0.15, 0.2) is 98.1 Å². The van der Waals surface area contributed by atoms with Crippen LogP contribution in [-0.2, 0) is 45.2 Å². The first-order valence-corrected chi connectivity index (χ1v) is 33.5. The van der Waals surface area contributed by atoms with E-state index in [0.29, 0.717) is 98.2 Å².